The van der Waals surface area contributed by atoms with Gasteiger partial charge in [0, 0.05) is 6.42 Å². The Balaban J connectivity index is 0.915. The maximum Gasteiger partial charge on any atom is 0.187 e. The summed E-state index contributed by atoms with van der Waals surface area (Å²) in [5, 5.41) is 10.0. The molecule has 3 heterocycles. The lowest BCUT2D eigenvalue weighted by atomic mass is 9.96. The van der Waals surface area contributed by atoms with Crippen LogP contribution in [0.1, 0.15) is 68.5 Å². The van der Waals surface area contributed by atoms with Crippen LogP contribution in [0.15, 0.2) is 303 Å². The van der Waals surface area contributed by atoms with Crippen molar-refractivity contribution >= 4 is 11.8 Å². The van der Waals surface area contributed by atoms with Crippen molar-refractivity contribution in [3.05, 3.63) is 359 Å². The van der Waals surface area contributed by atoms with Crippen LogP contribution in [0.4, 0.5) is 0 Å². The van der Waals surface area contributed by atoms with Gasteiger partial charge in [-0.15, -0.1) is 11.8 Å². The van der Waals surface area contributed by atoms with E-state index in [4.69, 9.17) is 71.1 Å². The first kappa shape index (κ1) is 78.6. The van der Waals surface area contributed by atoms with Gasteiger partial charge in [-0.3, -0.25) is 0 Å². The third-order valence-electron chi connectivity index (χ3n) is 19.3. The number of benzene rings is 10. The Morgan fingerprint density at radius 3 is 0.835 bits per heavy atom. The molecule has 566 valence electrons. The Hall–Kier alpha value is -8.56. The van der Waals surface area contributed by atoms with Crippen molar-refractivity contribution in [2.75, 3.05) is 25.6 Å². The van der Waals surface area contributed by atoms with Gasteiger partial charge in [-0.25, -0.2) is 0 Å². The molecule has 0 bridgehead atoms. The summed E-state index contributed by atoms with van der Waals surface area (Å²) in [6, 6.07) is 103. The van der Waals surface area contributed by atoms with E-state index >= 15 is 0 Å². The molecule has 109 heavy (non-hydrogen) atoms. The number of nitrogens with zero attached hydrogens (tertiary/aromatic N) is 1. The van der Waals surface area contributed by atoms with Crippen molar-refractivity contribution in [2.24, 2.45) is 0 Å². The van der Waals surface area contributed by atoms with Gasteiger partial charge in [0.25, 0.3) is 0 Å². The molecule has 10 aromatic carbocycles. The van der Waals surface area contributed by atoms with E-state index in [1.54, 1.807) is 11.8 Å². The van der Waals surface area contributed by atoms with Crippen LogP contribution in [0, 0.1) is 11.3 Å². The highest BCUT2D eigenvalue weighted by Crippen LogP contribution is 2.41. The van der Waals surface area contributed by atoms with Crippen molar-refractivity contribution in [3.63, 3.8) is 0 Å². The summed E-state index contributed by atoms with van der Waals surface area (Å²) in [7, 11) is 0. The summed E-state index contributed by atoms with van der Waals surface area (Å²) in [5.74, 6) is 0.537. The van der Waals surface area contributed by atoms with E-state index in [9.17, 15) is 5.26 Å². The van der Waals surface area contributed by atoms with E-state index in [0.29, 0.717) is 31.8 Å². The standard InChI is InChI=1S/C92H97NO15S/c93-53-31-32-54-109-92-89(103-64-77-51-29-10-30-52-77)86(108-91-88(102-63-76-49-27-9-28-50-76)85(100-61-74-45-23-7-24-46-74)82(97-58-71-39-17-4-18-40-71)79(106-91)66-95-56-69-35-13-2-14-36-69)83(98-59-72-41-19-5-20-42-72)80(107-92)67-104-90-87(101-62-75-47-25-8-26-48-75)84(99-60-73-43-21-6-22-44-73)81(96-57-70-37-15-3-16-38-70)78(105-90)65-94-55-68-33-11-1-12-34-68/h1-30,33-52,78-92H,31-32,54-67H2/t78-,79-,80-,81-,82-,83-,84+,85+,86+,87-,88-,89-,90-,91+,92+/m1/s1. The van der Waals surface area contributed by atoms with Gasteiger partial charge in [0.05, 0.1) is 92.0 Å². The minimum Gasteiger partial charge on any atom is -0.374 e. The Bertz CT molecular complexity index is 4150. The van der Waals surface area contributed by atoms with Gasteiger partial charge in [0.2, 0.25) is 0 Å². The molecule has 0 amide bonds. The van der Waals surface area contributed by atoms with Crippen LogP contribution in [0.3, 0.4) is 0 Å². The van der Waals surface area contributed by atoms with Crippen molar-refractivity contribution in [3.8, 4) is 6.07 Å². The predicted molar refractivity (Wildman–Crippen MR) is 416 cm³/mol. The van der Waals surface area contributed by atoms with Gasteiger partial charge in [-0.2, -0.15) is 5.26 Å². The van der Waals surface area contributed by atoms with Crippen molar-refractivity contribution < 1.29 is 71.1 Å². The predicted octanol–water partition coefficient (Wildman–Crippen LogP) is 16.7. The number of unbranched alkanes of at least 4 members (excludes halogenated alkanes) is 1. The third kappa shape index (κ3) is 24.0. The number of nitriles is 1. The molecular formula is C92H97NO15S. The van der Waals surface area contributed by atoms with Crippen LogP contribution in [-0.4, -0.2) is 117 Å². The average molecular weight is 1490 g/mol. The first-order chi connectivity index (χ1) is 54.0. The van der Waals surface area contributed by atoms with Crippen molar-refractivity contribution in [1.82, 2.24) is 0 Å². The first-order valence-corrected chi connectivity index (χ1v) is 38.8. The smallest absolute Gasteiger partial charge is 0.187 e. The number of hydrogen-bond donors (Lipinski definition) is 0. The quantitative estimate of drug-likeness (QED) is 0.0332. The highest BCUT2D eigenvalue weighted by molar-refractivity contribution is 7.99. The van der Waals surface area contributed by atoms with E-state index < -0.39 is 91.3 Å². The highest BCUT2D eigenvalue weighted by atomic mass is 32.2. The summed E-state index contributed by atoms with van der Waals surface area (Å²) in [5.41, 5.74) is 8.75. The number of thioether (sulfide) groups is 1. The average Bonchev–Trinajstić information content (AvgIpc) is 0.771. The molecule has 0 saturated carbocycles. The largest absolute Gasteiger partial charge is 0.374 e. The lowest BCUT2D eigenvalue weighted by Gasteiger charge is -2.51. The fraction of sp³-hybridized carbons (Fsp3) is 0.337. The second-order valence-corrected chi connectivity index (χ2v) is 28.5. The lowest BCUT2D eigenvalue weighted by molar-refractivity contribution is -0.364. The highest BCUT2D eigenvalue weighted by Gasteiger charge is 2.56. The van der Waals surface area contributed by atoms with Crippen LogP contribution in [0.5, 0.6) is 0 Å². The van der Waals surface area contributed by atoms with Crippen LogP contribution in [0.2, 0.25) is 0 Å². The summed E-state index contributed by atoms with van der Waals surface area (Å²) in [6.07, 6.45) is -12.0. The van der Waals surface area contributed by atoms with E-state index in [1.165, 1.54) is 0 Å². The summed E-state index contributed by atoms with van der Waals surface area (Å²) in [6.45, 7) is 2.20. The molecule has 0 spiro atoms. The van der Waals surface area contributed by atoms with Gasteiger partial charge in [0.1, 0.15) is 78.7 Å². The van der Waals surface area contributed by atoms with Crippen molar-refractivity contribution in [2.45, 2.75) is 170 Å². The molecule has 0 unspecified atom stereocenters. The molecule has 16 nitrogen and oxygen atoms in total. The minimum absolute atomic E-state index is 0.0791. The molecule has 10 aromatic rings. The zero-order chi connectivity index (χ0) is 74.1. The molecule has 13 rings (SSSR count). The van der Waals surface area contributed by atoms with E-state index in [-0.39, 0.29) is 72.7 Å². The van der Waals surface area contributed by atoms with E-state index in [0.717, 1.165) is 55.6 Å². The zero-order valence-corrected chi connectivity index (χ0v) is 62.1. The second kappa shape index (κ2) is 43.1. The fourth-order valence-electron chi connectivity index (χ4n) is 13.6. The van der Waals surface area contributed by atoms with Gasteiger partial charge >= 0.3 is 0 Å². The van der Waals surface area contributed by atoms with Gasteiger partial charge in [-0.1, -0.05) is 303 Å². The molecule has 15 atom stereocenters. The normalized spacial score (nSPS) is 24.1. The Morgan fingerprint density at radius 2 is 0.514 bits per heavy atom. The number of rotatable bonds is 41. The maximum atomic E-state index is 10.0. The van der Waals surface area contributed by atoms with Crippen LogP contribution >= 0.6 is 11.8 Å². The molecule has 3 fully saturated rings. The molecule has 0 radical (unpaired) electrons. The minimum atomic E-state index is -1.23. The summed E-state index contributed by atoms with van der Waals surface area (Å²) in [4.78, 5) is 0. The van der Waals surface area contributed by atoms with E-state index in [2.05, 4.69) is 6.07 Å². The lowest BCUT2D eigenvalue weighted by Crippen LogP contribution is -2.66. The summed E-state index contributed by atoms with van der Waals surface area (Å²) < 4.78 is 110. The molecule has 17 heteroatoms. The molecule has 3 aliphatic rings. The molecule has 0 N–H and O–H groups in total. The van der Waals surface area contributed by atoms with Crippen molar-refractivity contribution in [1.29, 1.82) is 5.26 Å². The van der Waals surface area contributed by atoms with Gasteiger partial charge in [0.15, 0.2) is 12.6 Å². The molecule has 3 aliphatic heterocycles. The monoisotopic (exact) mass is 1490 g/mol. The SMILES string of the molecule is N#CCCCS[C@@H]1O[C@H](CO[C@@H]2O[C@H](COCc3ccccc3)[C@@H](OCc3ccccc3)[C@H](OCc3ccccc3)[C@H]2OCc2ccccc2)[C@@H](OCc2ccccc2)[C@H](O[C@@H]2O[C@H](COCc3ccccc3)[C@@H](OCc3ccccc3)[C@H](OCc3ccccc3)[C@H]2OCc2ccccc2)[C@H]1OCc1ccccc1. The van der Waals surface area contributed by atoms with Crippen LogP contribution in [-0.2, 0) is 137 Å². The fourth-order valence-corrected chi connectivity index (χ4v) is 14.8. The van der Waals surface area contributed by atoms with Gasteiger partial charge < -0.3 is 71.1 Å². The topological polar surface area (TPSA) is 162 Å². The van der Waals surface area contributed by atoms with Crippen LogP contribution in [0.25, 0.3) is 0 Å². The third-order valence-corrected chi connectivity index (χ3v) is 20.5. The molecule has 0 aliphatic carbocycles. The number of hydrogen-bond acceptors (Lipinski definition) is 17. The van der Waals surface area contributed by atoms with E-state index in [1.807, 2.05) is 303 Å². The van der Waals surface area contributed by atoms with Crippen LogP contribution < -0.4 is 0 Å². The molecule has 3 saturated heterocycles. The number of ether oxygens (including phenoxy) is 15. The first-order valence-electron chi connectivity index (χ1n) is 37.7. The maximum absolute atomic E-state index is 10.0. The molecular weight excluding hydrogens is 1390 g/mol. The zero-order valence-electron chi connectivity index (χ0n) is 61.3. The molecule has 0 aromatic heterocycles. The second-order valence-electron chi connectivity index (χ2n) is 27.3. The Labute approximate surface area is 645 Å². The summed E-state index contributed by atoms with van der Waals surface area (Å²) >= 11 is 1.54. The Kier molecular flexibility index (Phi) is 31.1. The Morgan fingerprint density at radius 1 is 0.257 bits per heavy atom. The van der Waals surface area contributed by atoms with Gasteiger partial charge in [-0.05, 0) is 67.8 Å².